The lowest BCUT2D eigenvalue weighted by atomic mass is 10.1. The number of carboxylic acid groups (broad SMARTS) is 1. The fraction of sp³-hybridized carbons (Fsp3) is 0.357. The molecule has 1 amide bonds. The fourth-order valence-corrected chi connectivity index (χ4v) is 2.54. The standard InChI is InChI=1S/C14H15N3O4/c1-16-6-7-17(11-5-3-2-4-10(11)16)13(18)12-8-9(14(19)20)15-21-12/h2-5,12H,6-8H2,1H3,(H,19,20). The number of hydrogen-bond donors (Lipinski definition) is 1. The molecule has 1 atom stereocenters. The Morgan fingerprint density at radius 3 is 2.67 bits per heavy atom. The van der Waals surface area contributed by atoms with E-state index in [1.54, 1.807) is 4.90 Å². The summed E-state index contributed by atoms with van der Waals surface area (Å²) < 4.78 is 0. The van der Waals surface area contributed by atoms with E-state index < -0.39 is 12.1 Å². The maximum Gasteiger partial charge on any atom is 0.353 e. The van der Waals surface area contributed by atoms with E-state index in [1.165, 1.54) is 0 Å². The van der Waals surface area contributed by atoms with E-state index in [4.69, 9.17) is 9.94 Å². The van der Waals surface area contributed by atoms with Gasteiger partial charge in [-0.15, -0.1) is 0 Å². The summed E-state index contributed by atoms with van der Waals surface area (Å²) in [6.45, 7) is 1.25. The summed E-state index contributed by atoms with van der Waals surface area (Å²) >= 11 is 0. The molecule has 3 rings (SSSR count). The molecule has 0 aromatic heterocycles. The summed E-state index contributed by atoms with van der Waals surface area (Å²) in [6.07, 6.45) is -0.851. The van der Waals surface area contributed by atoms with E-state index in [0.717, 1.165) is 11.4 Å². The molecule has 1 aromatic rings. The van der Waals surface area contributed by atoms with Crippen molar-refractivity contribution in [2.24, 2.45) is 5.16 Å². The van der Waals surface area contributed by atoms with Crippen LogP contribution in [-0.2, 0) is 14.4 Å². The van der Waals surface area contributed by atoms with Gasteiger partial charge < -0.3 is 19.7 Å². The topological polar surface area (TPSA) is 82.4 Å². The van der Waals surface area contributed by atoms with Gasteiger partial charge in [0.2, 0.25) is 6.10 Å². The highest BCUT2D eigenvalue weighted by atomic mass is 16.6. The number of rotatable bonds is 2. The summed E-state index contributed by atoms with van der Waals surface area (Å²) in [5.74, 6) is -1.40. The van der Waals surface area contributed by atoms with E-state index in [1.807, 2.05) is 31.3 Å². The van der Waals surface area contributed by atoms with Crippen LogP contribution in [0.2, 0.25) is 0 Å². The lowest BCUT2D eigenvalue weighted by Gasteiger charge is -2.36. The first-order chi connectivity index (χ1) is 10.1. The summed E-state index contributed by atoms with van der Waals surface area (Å²) in [5, 5.41) is 12.3. The highest BCUT2D eigenvalue weighted by Crippen LogP contribution is 2.32. The van der Waals surface area contributed by atoms with Crippen molar-refractivity contribution in [3.8, 4) is 0 Å². The molecule has 7 heteroatoms. The number of aliphatic carboxylic acids is 1. The van der Waals surface area contributed by atoms with E-state index in [2.05, 4.69) is 10.1 Å². The van der Waals surface area contributed by atoms with Crippen LogP contribution >= 0.6 is 0 Å². The van der Waals surface area contributed by atoms with Crippen LogP contribution in [0, 0.1) is 0 Å². The molecule has 0 aliphatic carbocycles. The number of hydrogen-bond acceptors (Lipinski definition) is 5. The fourth-order valence-electron chi connectivity index (χ4n) is 2.54. The number of nitrogens with zero attached hydrogens (tertiary/aromatic N) is 3. The van der Waals surface area contributed by atoms with Gasteiger partial charge >= 0.3 is 5.97 Å². The Bertz CT molecular complexity index is 628. The normalized spacial score (nSPS) is 20.6. The van der Waals surface area contributed by atoms with Crippen molar-refractivity contribution < 1.29 is 19.5 Å². The van der Waals surface area contributed by atoms with Gasteiger partial charge in [-0.2, -0.15) is 0 Å². The average Bonchev–Trinajstić information content (AvgIpc) is 2.97. The van der Waals surface area contributed by atoms with Gasteiger partial charge in [0.25, 0.3) is 5.91 Å². The van der Waals surface area contributed by atoms with Gasteiger partial charge in [-0.25, -0.2) is 4.79 Å². The number of oxime groups is 1. The molecule has 2 heterocycles. The summed E-state index contributed by atoms with van der Waals surface area (Å²) in [4.78, 5) is 32.1. The van der Waals surface area contributed by atoms with Crippen LogP contribution in [0.5, 0.6) is 0 Å². The predicted octanol–water partition coefficient (Wildman–Crippen LogP) is 0.699. The highest BCUT2D eigenvalue weighted by Gasteiger charge is 2.36. The average molecular weight is 289 g/mol. The number of carbonyl (C=O) groups excluding carboxylic acids is 1. The summed E-state index contributed by atoms with van der Waals surface area (Å²) in [5.41, 5.74) is 1.66. The number of fused-ring (bicyclic) bond motifs is 1. The molecule has 110 valence electrons. The van der Waals surface area contributed by atoms with E-state index in [0.29, 0.717) is 13.1 Å². The van der Waals surface area contributed by atoms with E-state index >= 15 is 0 Å². The van der Waals surface area contributed by atoms with E-state index in [-0.39, 0.29) is 18.0 Å². The van der Waals surface area contributed by atoms with Crippen LogP contribution in [0.1, 0.15) is 6.42 Å². The zero-order valence-corrected chi connectivity index (χ0v) is 11.5. The second kappa shape index (κ2) is 5.08. The first-order valence-electron chi connectivity index (χ1n) is 6.65. The quantitative estimate of drug-likeness (QED) is 0.866. The first-order valence-corrected chi connectivity index (χ1v) is 6.65. The van der Waals surface area contributed by atoms with Crippen LogP contribution in [-0.4, -0.2) is 48.9 Å². The largest absolute Gasteiger partial charge is 0.477 e. The number of carbonyl (C=O) groups is 2. The number of para-hydroxylation sites is 2. The molecule has 0 saturated heterocycles. The molecule has 1 unspecified atom stereocenters. The Balaban J connectivity index is 1.81. The smallest absolute Gasteiger partial charge is 0.353 e. The van der Waals surface area contributed by atoms with Gasteiger partial charge in [0, 0.05) is 26.6 Å². The van der Waals surface area contributed by atoms with Crippen LogP contribution in [0.4, 0.5) is 11.4 Å². The first kappa shape index (κ1) is 13.4. The molecule has 0 saturated carbocycles. The minimum absolute atomic E-state index is 0.00265. The Kier molecular flexibility index (Phi) is 3.25. The van der Waals surface area contributed by atoms with Gasteiger partial charge in [0.15, 0.2) is 5.71 Å². The molecule has 7 nitrogen and oxygen atoms in total. The Hall–Kier alpha value is -2.57. The van der Waals surface area contributed by atoms with Crippen molar-refractivity contribution in [2.45, 2.75) is 12.5 Å². The van der Waals surface area contributed by atoms with Crippen molar-refractivity contribution in [3.05, 3.63) is 24.3 Å². The Morgan fingerprint density at radius 2 is 2.00 bits per heavy atom. The molecular weight excluding hydrogens is 274 g/mol. The number of anilines is 2. The van der Waals surface area contributed by atoms with Gasteiger partial charge in [-0.3, -0.25) is 4.79 Å². The molecule has 21 heavy (non-hydrogen) atoms. The third-order valence-electron chi connectivity index (χ3n) is 3.70. The molecule has 1 aromatic carbocycles. The van der Waals surface area contributed by atoms with E-state index in [9.17, 15) is 9.59 Å². The van der Waals surface area contributed by atoms with Crippen molar-refractivity contribution in [1.82, 2.24) is 0 Å². The highest BCUT2D eigenvalue weighted by molar-refractivity contribution is 6.36. The zero-order valence-electron chi connectivity index (χ0n) is 11.5. The molecule has 0 spiro atoms. The molecule has 0 radical (unpaired) electrons. The monoisotopic (exact) mass is 289 g/mol. The van der Waals surface area contributed by atoms with Crippen LogP contribution < -0.4 is 9.80 Å². The molecule has 1 N–H and O–H groups in total. The second-order valence-electron chi connectivity index (χ2n) is 5.04. The van der Waals surface area contributed by atoms with Crippen molar-refractivity contribution in [1.29, 1.82) is 0 Å². The summed E-state index contributed by atoms with van der Waals surface area (Å²) in [7, 11) is 1.97. The second-order valence-corrected chi connectivity index (χ2v) is 5.04. The van der Waals surface area contributed by atoms with Gasteiger partial charge in [-0.05, 0) is 12.1 Å². The molecule has 0 fully saturated rings. The Morgan fingerprint density at radius 1 is 1.29 bits per heavy atom. The minimum Gasteiger partial charge on any atom is -0.477 e. The van der Waals surface area contributed by atoms with Gasteiger partial charge in [-0.1, -0.05) is 17.3 Å². The number of carboxylic acids is 1. The Labute approximate surface area is 121 Å². The van der Waals surface area contributed by atoms with Crippen LogP contribution in [0.15, 0.2) is 29.4 Å². The minimum atomic E-state index is -1.15. The number of benzene rings is 1. The third kappa shape index (κ3) is 2.31. The van der Waals surface area contributed by atoms with Crippen LogP contribution in [0.3, 0.4) is 0 Å². The molecular formula is C14H15N3O4. The molecule has 2 aliphatic rings. The molecule has 0 bridgehead atoms. The lowest BCUT2D eigenvalue weighted by molar-refractivity contribution is -0.129. The van der Waals surface area contributed by atoms with Crippen molar-refractivity contribution in [2.75, 3.05) is 29.9 Å². The maximum absolute atomic E-state index is 12.6. The van der Waals surface area contributed by atoms with Crippen molar-refractivity contribution in [3.63, 3.8) is 0 Å². The zero-order chi connectivity index (χ0) is 15.0. The molecule has 2 aliphatic heterocycles. The maximum atomic E-state index is 12.6. The number of likely N-dealkylation sites (N-methyl/N-ethyl adjacent to an activating group) is 1. The van der Waals surface area contributed by atoms with Crippen molar-refractivity contribution >= 4 is 29.0 Å². The summed E-state index contributed by atoms with van der Waals surface area (Å²) in [6, 6.07) is 7.61. The van der Waals surface area contributed by atoms with Gasteiger partial charge in [0.05, 0.1) is 11.4 Å². The van der Waals surface area contributed by atoms with Crippen LogP contribution in [0.25, 0.3) is 0 Å². The third-order valence-corrected chi connectivity index (χ3v) is 3.70. The number of amides is 1. The van der Waals surface area contributed by atoms with Gasteiger partial charge in [0.1, 0.15) is 0 Å². The SMILES string of the molecule is CN1CCN(C(=O)C2CC(C(=O)O)=NO2)c2ccccc21. The lowest BCUT2D eigenvalue weighted by Crippen LogP contribution is -2.47. The predicted molar refractivity (Wildman–Crippen MR) is 76.6 cm³/mol.